The molecule has 0 fully saturated rings. The zero-order chi connectivity index (χ0) is 22.4. The number of carbonyl (C=O) groups is 2. The summed E-state index contributed by atoms with van der Waals surface area (Å²) in [6, 6.07) is 15.5. The Bertz CT molecular complexity index is 1030. The van der Waals surface area contributed by atoms with Gasteiger partial charge in [-0.2, -0.15) is 0 Å². The van der Waals surface area contributed by atoms with Crippen molar-refractivity contribution in [3.63, 3.8) is 0 Å². The zero-order valence-electron chi connectivity index (χ0n) is 18.4. The maximum atomic E-state index is 12.6. The first-order valence-corrected chi connectivity index (χ1v) is 11.1. The van der Waals surface area contributed by atoms with Gasteiger partial charge in [0.05, 0.1) is 17.0 Å². The predicted molar refractivity (Wildman–Crippen MR) is 126 cm³/mol. The number of esters is 1. The van der Waals surface area contributed by atoms with E-state index in [0.29, 0.717) is 12.0 Å². The maximum absolute atomic E-state index is 12.6. The first-order chi connectivity index (χ1) is 14.8. The van der Waals surface area contributed by atoms with E-state index in [0.717, 1.165) is 34.0 Å². The summed E-state index contributed by atoms with van der Waals surface area (Å²) in [5.74, 6) is -0.321. The number of amides is 1. The van der Waals surface area contributed by atoms with Crippen LogP contribution in [0.25, 0.3) is 10.4 Å². The van der Waals surface area contributed by atoms with Gasteiger partial charge in [-0.3, -0.25) is 9.59 Å². The summed E-state index contributed by atoms with van der Waals surface area (Å²) in [7, 11) is 1.40. The monoisotopic (exact) mass is 436 g/mol. The largest absolute Gasteiger partial charge is 0.469 e. The van der Waals surface area contributed by atoms with Gasteiger partial charge < -0.3 is 10.1 Å². The van der Waals surface area contributed by atoms with Gasteiger partial charge in [0, 0.05) is 23.9 Å². The summed E-state index contributed by atoms with van der Waals surface area (Å²) in [6.07, 6.45) is 3.73. The van der Waals surface area contributed by atoms with Crippen molar-refractivity contribution >= 4 is 28.9 Å². The van der Waals surface area contributed by atoms with Gasteiger partial charge in [-0.05, 0) is 53.6 Å². The van der Waals surface area contributed by atoms with Crippen LogP contribution in [0.15, 0.2) is 54.7 Å². The molecule has 1 amide bonds. The molecule has 2 aromatic carbocycles. The lowest BCUT2D eigenvalue weighted by atomic mass is 9.87. The Hall–Kier alpha value is -2.99. The van der Waals surface area contributed by atoms with Crippen LogP contribution in [0.1, 0.15) is 54.5 Å². The molecule has 6 heteroatoms. The third kappa shape index (κ3) is 6.25. The van der Waals surface area contributed by atoms with Gasteiger partial charge in [0.1, 0.15) is 0 Å². The molecule has 3 aromatic rings. The number of carbonyl (C=O) groups excluding carboxylic acids is 2. The van der Waals surface area contributed by atoms with E-state index in [-0.39, 0.29) is 17.3 Å². The summed E-state index contributed by atoms with van der Waals surface area (Å²) >= 11 is 1.61. The number of nitrogens with one attached hydrogen (secondary N) is 1. The second-order valence-corrected chi connectivity index (χ2v) is 9.52. The third-order valence-corrected chi connectivity index (χ3v) is 6.10. The summed E-state index contributed by atoms with van der Waals surface area (Å²) in [4.78, 5) is 29.3. The maximum Gasteiger partial charge on any atom is 0.305 e. The first kappa shape index (κ1) is 22.7. The van der Waals surface area contributed by atoms with Crippen molar-refractivity contribution in [3.05, 3.63) is 70.9 Å². The van der Waals surface area contributed by atoms with Gasteiger partial charge in [0.2, 0.25) is 0 Å². The van der Waals surface area contributed by atoms with Gasteiger partial charge in [-0.15, -0.1) is 11.3 Å². The standard InChI is InChI=1S/C25H28N2O3S/c1-25(2,3)19-12-8-18(9-13-19)24(29)27-20-14-10-17(11-15-20)21-16-26-22(31-21)6-5-7-23(28)30-4/h8-16H,5-7H2,1-4H3,(H,27,29). The zero-order valence-corrected chi connectivity index (χ0v) is 19.2. The number of benzene rings is 2. The van der Waals surface area contributed by atoms with Crippen molar-refractivity contribution in [2.24, 2.45) is 0 Å². The lowest BCUT2D eigenvalue weighted by molar-refractivity contribution is -0.140. The molecule has 1 N–H and O–H groups in total. The van der Waals surface area contributed by atoms with Gasteiger partial charge >= 0.3 is 5.97 Å². The lowest BCUT2D eigenvalue weighted by Crippen LogP contribution is -2.14. The number of aryl methyl sites for hydroxylation is 1. The van der Waals surface area contributed by atoms with E-state index in [4.69, 9.17) is 0 Å². The SMILES string of the molecule is COC(=O)CCCc1ncc(-c2ccc(NC(=O)c3ccc(C(C)(C)C)cc3)cc2)s1. The fourth-order valence-electron chi connectivity index (χ4n) is 3.09. The highest BCUT2D eigenvalue weighted by Crippen LogP contribution is 2.28. The molecular weight excluding hydrogens is 408 g/mol. The molecule has 0 aliphatic carbocycles. The molecule has 3 rings (SSSR count). The number of anilines is 1. The first-order valence-electron chi connectivity index (χ1n) is 10.3. The summed E-state index contributed by atoms with van der Waals surface area (Å²) < 4.78 is 4.66. The van der Waals surface area contributed by atoms with Crippen LogP contribution in [0, 0.1) is 0 Å². The Morgan fingerprint density at radius 3 is 2.32 bits per heavy atom. The van der Waals surface area contributed by atoms with E-state index in [2.05, 4.69) is 35.8 Å². The van der Waals surface area contributed by atoms with E-state index in [1.807, 2.05) is 54.7 Å². The molecule has 0 aliphatic heterocycles. The topological polar surface area (TPSA) is 68.3 Å². The minimum absolute atomic E-state index is 0.0582. The van der Waals surface area contributed by atoms with E-state index >= 15 is 0 Å². The Labute approximate surface area is 187 Å². The van der Waals surface area contributed by atoms with Crippen molar-refractivity contribution < 1.29 is 14.3 Å². The average Bonchev–Trinajstić information content (AvgIpc) is 3.22. The average molecular weight is 437 g/mol. The second-order valence-electron chi connectivity index (χ2n) is 8.41. The Morgan fingerprint density at radius 2 is 1.71 bits per heavy atom. The fourth-order valence-corrected chi connectivity index (χ4v) is 4.05. The molecule has 0 bridgehead atoms. The number of nitrogens with zero attached hydrogens (tertiary/aromatic N) is 1. The third-order valence-electron chi connectivity index (χ3n) is 4.99. The molecule has 1 heterocycles. The van der Waals surface area contributed by atoms with Crippen LogP contribution in [0.4, 0.5) is 5.69 Å². The van der Waals surface area contributed by atoms with Crippen molar-refractivity contribution in [2.75, 3.05) is 12.4 Å². The molecule has 31 heavy (non-hydrogen) atoms. The highest BCUT2D eigenvalue weighted by Gasteiger charge is 2.14. The minimum Gasteiger partial charge on any atom is -0.469 e. The smallest absolute Gasteiger partial charge is 0.305 e. The molecule has 1 aromatic heterocycles. The van der Waals surface area contributed by atoms with Gasteiger partial charge in [0.15, 0.2) is 0 Å². The molecule has 0 saturated heterocycles. The van der Waals surface area contributed by atoms with Crippen molar-refractivity contribution in [1.82, 2.24) is 4.98 Å². The summed E-state index contributed by atoms with van der Waals surface area (Å²) in [6.45, 7) is 6.45. The van der Waals surface area contributed by atoms with Crippen LogP contribution in [-0.4, -0.2) is 24.0 Å². The molecule has 162 valence electrons. The number of thiazole rings is 1. The Morgan fingerprint density at radius 1 is 1.03 bits per heavy atom. The van der Waals surface area contributed by atoms with Crippen LogP contribution < -0.4 is 5.32 Å². The normalized spacial score (nSPS) is 11.2. The molecule has 0 aliphatic rings. The van der Waals surface area contributed by atoms with Gasteiger partial charge in [0.25, 0.3) is 5.91 Å². The van der Waals surface area contributed by atoms with Crippen LogP contribution in [0.2, 0.25) is 0 Å². The number of hydrogen-bond acceptors (Lipinski definition) is 5. The molecule has 0 radical (unpaired) electrons. The predicted octanol–water partition coefficient (Wildman–Crippen LogP) is 5.86. The van der Waals surface area contributed by atoms with E-state index < -0.39 is 0 Å². The van der Waals surface area contributed by atoms with Crippen molar-refractivity contribution in [3.8, 4) is 10.4 Å². The van der Waals surface area contributed by atoms with Gasteiger partial charge in [-0.25, -0.2) is 4.98 Å². The molecule has 0 atom stereocenters. The van der Waals surface area contributed by atoms with Gasteiger partial charge in [-0.1, -0.05) is 45.0 Å². The Kier molecular flexibility index (Phi) is 7.23. The minimum atomic E-state index is -0.195. The quantitative estimate of drug-likeness (QED) is 0.471. The number of rotatable bonds is 7. The number of hydrogen-bond donors (Lipinski definition) is 1. The van der Waals surface area contributed by atoms with E-state index in [1.54, 1.807) is 11.3 Å². The summed E-state index contributed by atoms with van der Waals surface area (Å²) in [5.41, 5.74) is 3.68. The number of methoxy groups -OCH3 is 1. The van der Waals surface area contributed by atoms with Crippen LogP contribution in [0.5, 0.6) is 0 Å². The highest BCUT2D eigenvalue weighted by molar-refractivity contribution is 7.15. The number of ether oxygens (including phenoxy) is 1. The second kappa shape index (κ2) is 9.88. The van der Waals surface area contributed by atoms with E-state index in [9.17, 15) is 9.59 Å². The van der Waals surface area contributed by atoms with Crippen molar-refractivity contribution in [1.29, 1.82) is 0 Å². The molecular formula is C25H28N2O3S. The molecule has 0 unspecified atom stereocenters. The lowest BCUT2D eigenvalue weighted by Gasteiger charge is -2.19. The molecule has 0 spiro atoms. The molecule has 0 saturated carbocycles. The fraction of sp³-hybridized carbons (Fsp3) is 0.320. The summed E-state index contributed by atoms with van der Waals surface area (Å²) in [5, 5.41) is 3.94. The highest BCUT2D eigenvalue weighted by atomic mass is 32.1. The van der Waals surface area contributed by atoms with Crippen molar-refractivity contribution in [2.45, 2.75) is 45.4 Å². The Balaban J connectivity index is 1.59. The van der Waals surface area contributed by atoms with Crippen LogP contribution in [-0.2, 0) is 21.4 Å². The number of aromatic nitrogens is 1. The van der Waals surface area contributed by atoms with Crippen LogP contribution in [0.3, 0.4) is 0 Å². The van der Waals surface area contributed by atoms with E-state index in [1.165, 1.54) is 12.7 Å². The van der Waals surface area contributed by atoms with Crippen LogP contribution >= 0.6 is 11.3 Å². The molecule has 5 nitrogen and oxygen atoms in total.